The third-order valence-electron chi connectivity index (χ3n) is 9.71. The third kappa shape index (κ3) is 5.13. The van der Waals surface area contributed by atoms with Crippen molar-refractivity contribution in [2.24, 2.45) is 0 Å². The Labute approximate surface area is 294 Å². The Balaban J connectivity index is 1.21. The van der Waals surface area contributed by atoms with Gasteiger partial charge in [0, 0.05) is 27.5 Å². The van der Waals surface area contributed by atoms with Crippen LogP contribution in [0.25, 0.3) is 99.9 Å². The molecule has 8 aromatic carbocycles. The van der Waals surface area contributed by atoms with E-state index in [1.165, 1.54) is 16.3 Å². The van der Waals surface area contributed by atoms with Crippen LogP contribution in [0.5, 0.6) is 0 Å². The van der Waals surface area contributed by atoms with Crippen molar-refractivity contribution in [3.8, 4) is 56.4 Å². The van der Waals surface area contributed by atoms with Gasteiger partial charge in [0.2, 0.25) is 0 Å². The summed E-state index contributed by atoms with van der Waals surface area (Å²) in [5.74, 6) is 1.82. The number of aromatic nitrogens is 3. The lowest BCUT2D eigenvalue weighted by atomic mass is 9.94. The van der Waals surface area contributed by atoms with E-state index < -0.39 is 0 Å². The highest BCUT2D eigenvalue weighted by Gasteiger charge is 2.22. The van der Waals surface area contributed by atoms with E-state index >= 15 is 0 Å². The molecule has 0 amide bonds. The minimum Gasteiger partial charge on any atom is -0.456 e. The first-order valence-electron chi connectivity index (χ1n) is 17.1. The number of furan rings is 1. The number of fused-ring (bicyclic) bond motifs is 5. The third-order valence-corrected chi connectivity index (χ3v) is 9.71. The average molecular weight is 652 g/mol. The van der Waals surface area contributed by atoms with Crippen molar-refractivity contribution in [2.45, 2.75) is 0 Å². The van der Waals surface area contributed by atoms with Crippen LogP contribution in [0, 0.1) is 0 Å². The quantitative estimate of drug-likeness (QED) is 0.186. The molecule has 4 heteroatoms. The Morgan fingerprint density at radius 2 is 0.863 bits per heavy atom. The Bertz CT molecular complexity index is 2900. The summed E-state index contributed by atoms with van der Waals surface area (Å²) in [6, 6.07) is 61.1. The first-order chi connectivity index (χ1) is 25.2. The summed E-state index contributed by atoms with van der Waals surface area (Å²) >= 11 is 0. The van der Waals surface area contributed by atoms with Gasteiger partial charge in [0.05, 0.1) is 0 Å². The van der Waals surface area contributed by atoms with Crippen molar-refractivity contribution in [3.05, 3.63) is 176 Å². The Morgan fingerprint density at radius 3 is 1.57 bits per heavy atom. The smallest absolute Gasteiger partial charge is 0.165 e. The summed E-state index contributed by atoms with van der Waals surface area (Å²) in [4.78, 5) is 15.5. The van der Waals surface area contributed by atoms with E-state index in [9.17, 15) is 0 Å². The molecular formula is C47H29N3O. The summed E-state index contributed by atoms with van der Waals surface area (Å²) in [5.41, 5.74) is 8.78. The lowest BCUT2D eigenvalue weighted by Crippen LogP contribution is -2.01. The molecule has 0 saturated heterocycles. The van der Waals surface area contributed by atoms with Gasteiger partial charge < -0.3 is 4.42 Å². The molecule has 10 aromatic rings. The predicted molar refractivity (Wildman–Crippen MR) is 209 cm³/mol. The molecule has 0 aliphatic carbocycles. The van der Waals surface area contributed by atoms with Crippen molar-refractivity contribution in [1.29, 1.82) is 0 Å². The molecule has 238 valence electrons. The highest BCUT2D eigenvalue weighted by atomic mass is 16.3. The Kier molecular flexibility index (Phi) is 6.78. The van der Waals surface area contributed by atoms with Crippen LogP contribution in [0.1, 0.15) is 0 Å². The van der Waals surface area contributed by atoms with E-state index in [1.54, 1.807) is 0 Å². The molecule has 2 heterocycles. The van der Waals surface area contributed by atoms with Crippen LogP contribution in [-0.2, 0) is 0 Å². The van der Waals surface area contributed by atoms with Crippen LogP contribution in [0.15, 0.2) is 180 Å². The lowest BCUT2D eigenvalue weighted by Gasteiger charge is -2.14. The van der Waals surface area contributed by atoms with Crippen molar-refractivity contribution >= 4 is 43.5 Å². The second-order valence-electron chi connectivity index (χ2n) is 12.8. The monoisotopic (exact) mass is 651 g/mol. The van der Waals surface area contributed by atoms with E-state index in [1.807, 2.05) is 36.4 Å². The van der Waals surface area contributed by atoms with Gasteiger partial charge in [-0.3, -0.25) is 0 Å². The zero-order valence-corrected chi connectivity index (χ0v) is 27.5. The Morgan fingerprint density at radius 1 is 0.333 bits per heavy atom. The van der Waals surface area contributed by atoms with E-state index in [0.29, 0.717) is 17.5 Å². The molecule has 4 nitrogen and oxygen atoms in total. The molecule has 0 bridgehead atoms. The first-order valence-corrected chi connectivity index (χ1v) is 17.1. The average Bonchev–Trinajstić information content (AvgIpc) is 3.57. The highest BCUT2D eigenvalue weighted by Crippen LogP contribution is 2.43. The van der Waals surface area contributed by atoms with E-state index in [2.05, 4.69) is 140 Å². The fourth-order valence-electron chi connectivity index (χ4n) is 7.16. The maximum atomic E-state index is 6.55. The van der Waals surface area contributed by atoms with Gasteiger partial charge in [-0.1, -0.05) is 146 Å². The van der Waals surface area contributed by atoms with Crippen LogP contribution in [0.4, 0.5) is 0 Å². The summed E-state index contributed by atoms with van der Waals surface area (Å²) in [7, 11) is 0. The zero-order chi connectivity index (χ0) is 33.7. The molecule has 0 N–H and O–H groups in total. The molecule has 51 heavy (non-hydrogen) atoms. The number of hydrogen-bond acceptors (Lipinski definition) is 4. The second-order valence-corrected chi connectivity index (χ2v) is 12.8. The van der Waals surface area contributed by atoms with Crippen molar-refractivity contribution in [1.82, 2.24) is 15.0 Å². The molecule has 0 spiro atoms. The van der Waals surface area contributed by atoms with Gasteiger partial charge in [-0.05, 0) is 74.1 Å². The van der Waals surface area contributed by atoms with Gasteiger partial charge in [-0.25, -0.2) is 15.0 Å². The van der Waals surface area contributed by atoms with E-state index in [0.717, 1.165) is 66.1 Å². The van der Waals surface area contributed by atoms with Crippen LogP contribution in [0.2, 0.25) is 0 Å². The molecular weight excluding hydrogens is 623 g/mol. The van der Waals surface area contributed by atoms with Gasteiger partial charge in [-0.2, -0.15) is 0 Å². The SMILES string of the molecule is c1ccc(-c2nc(-c3ccc(-c4ccc5ccccc5c4)cc3)nc(-c3c(-c4ccccc4)ccc4oc5cc6ccccc6cc5c34)n2)cc1. The normalized spacial score (nSPS) is 11.5. The lowest BCUT2D eigenvalue weighted by molar-refractivity contribution is 0.669. The van der Waals surface area contributed by atoms with E-state index in [4.69, 9.17) is 19.4 Å². The van der Waals surface area contributed by atoms with Gasteiger partial charge in [0.25, 0.3) is 0 Å². The van der Waals surface area contributed by atoms with E-state index in [-0.39, 0.29) is 0 Å². The topological polar surface area (TPSA) is 51.8 Å². The molecule has 0 saturated carbocycles. The minimum atomic E-state index is 0.595. The number of nitrogens with zero attached hydrogens (tertiary/aromatic N) is 3. The standard InChI is InChI=1S/C47H29N3O/c1-3-12-32(13-4-1)39-25-26-41-43(40-28-36-17-9-10-18-37(36)29-42(40)51-41)44(39)47-49-45(33-14-5-2-6-15-33)48-46(50-47)34-22-19-31(20-23-34)38-24-21-30-11-7-8-16-35(30)27-38/h1-29H. The van der Waals surface area contributed by atoms with Crippen molar-refractivity contribution in [2.75, 3.05) is 0 Å². The van der Waals surface area contributed by atoms with Gasteiger partial charge in [-0.15, -0.1) is 0 Å². The predicted octanol–water partition coefficient (Wildman–Crippen LogP) is 12.4. The zero-order valence-electron chi connectivity index (χ0n) is 27.5. The molecule has 0 atom stereocenters. The fraction of sp³-hybridized carbons (Fsp3) is 0. The molecule has 0 fully saturated rings. The first kappa shape index (κ1) is 29.0. The molecule has 0 unspecified atom stereocenters. The van der Waals surface area contributed by atoms with Gasteiger partial charge in [0.15, 0.2) is 17.5 Å². The number of benzene rings is 8. The summed E-state index contributed by atoms with van der Waals surface area (Å²) in [6.07, 6.45) is 0. The van der Waals surface area contributed by atoms with Crippen LogP contribution in [0.3, 0.4) is 0 Å². The largest absolute Gasteiger partial charge is 0.456 e. The van der Waals surface area contributed by atoms with Gasteiger partial charge in [0.1, 0.15) is 11.2 Å². The number of hydrogen-bond donors (Lipinski definition) is 0. The molecule has 0 radical (unpaired) electrons. The summed E-state index contributed by atoms with van der Waals surface area (Å²) in [5, 5.41) is 6.75. The number of rotatable bonds is 5. The summed E-state index contributed by atoms with van der Waals surface area (Å²) in [6.45, 7) is 0. The molecule has 2 aromatic heterocycles. The fourth-order valence-corrected chi connectivity index (χ4v) is 7.16. The highest BCUT2D eigenvalue weighted by molar-refractivity contribution is 6.17. The Hall–Kier alpha value is -6.91. The maximum absolute atomic E-state index is 6.55. The van der Waals surface area contributed by atoms with Gasteiger partial charge >= 0.3 is 0 Å². The van der Waals surface area contributed by atoms with Crippen LogP contribution in [-0.4, -0.2) is 15.0 Å². The maximum Gasteiger partial charge on any atom is 0.165 e. The summed E-state index contributed by atoms with van der Waals surface area (Å²) < 4.78 is 6.55. The van der Waals surface area contributed by atoms with Crippen LogP contribution >= 0.6 is 0 Å². The van der Waals surface area contributed by atoms with Crippen molar-refractivity contribution in [3.63, 3.8) is 0 Å². The second kappa shape index (κ2) is 11.9. The van der Waals surface area contributed by atoms with Crippen molar-refractivity contribution < 1.29 is 4.42 Å². The van der Waals surface area contributed by atoms with Crippen LogP contribution < -0.4 is 0 Å². The molecule has 0 aliphatic rings. The molecule has 10 rings (SSSR count). The molecule has 0 aliphatic heterocycles. The minimum absolute atomic E-state index is 0.595.